The molecule has 0 aromatic heterocycles. The number of likely N-dealkylation sites (N-methyl/N-ethyl adjacent to an activating group) is 1. The molecule has 1 aliphatic carbocycles. The van der Waals surface area contributed by atoms with Gasteiger partial charge in [0, 0.05) is 35.9 Å². The number of nitrogens with zero attached hydrogens (tertiary/aromatic N) is 2. The summed E-state index contributed by atoms with van der Waals surface area (Å²) in [6.07, 6.45) is 8.59. The Morgan fingerprint density at radius 1 is 1.24 bits per heavy atom. The lowest BCUT2D eigenvalue weighted by molar-refractivity contribution is 0.0256. The molecular weight excluding hydrogens is 609 g/mol. The molecule has 5 rings (SSSR count). The standard InChI is InChI=1S/C36H49ClFN3O3S/c1-6-26-16-18-41-22-36(17-8-11-28-29(36)13-14-30(37)33(28)38)23-44-32-15-12-27(21-31(32)41)35(42)39-45-25(3)10-7-9-24(2)34(26)43-20-19-40(4)5/h9,12-15,21,25-26,34H,6-8,10-11,16-20,22-23H2,1-5H3,(H,39,42)/b24-9+. The second-order valence-electron chi connectivity index (χ2n) is 13.4. The van der Waals surface area contributed by atoms with Gasteiger partial charge >= 0.3 is 0 Å². The summed E-state index contributed by atoms with van der Waals surface area (Å²) in [4.78, 5) is 17.9. The molecule has 0 radical (unpaired) electrons. The predicted octanol–water partition coefficient (Wildman–Crippen LogP) is 7.82. The van der Waals surface area contributed by atoms with Crippen LogP contribution in [0, 0.1) is 11.7 Å². The van der Waals surface area contributed by atoms with Gasteiger partial charge in [0.25, 0.3) is 5.91 Å². The number of rotatable bonds is 5. The van der Waals surface area contributed by atoms with Gasteiger partial charge in [0.15, 0.2) is 0 Å². The van der Waals surface area contributed by atoms with Crippen LogP contribution in [0.25, 0.3) is 0 Å². The van der Waals surface area contributed by atoms with Crippen molar-refractivity contribution in [2.45, 2.75) is 82.5 Å². The number of hydrogen-bond acceptors (Lipinski definition) is 6. The van der Waals surface area contributed by atoms with E-state index < -0.39 is 5.41 Å². The zero-order valence-corrected chi connectivity index (χ0v) is 29.0. The van der Waals surface area contributed by atoms with Crippen molar-refractivity contribution in [3.05, 3.63) is 69.5 Å². The number of halogens is 2. The molecule has 0 saturated heterocycles. The average Bonchev–Trinajstić information content (AvgIpc) is 3.17. The largest absolute Gasteiger partial charge is 0.490 e. The van der Waals surface area contributed by atoms with Gasteiger partial charge in [-0.05, 0) is 118 Å². The summed E-state index contributed by atoms with van der Waals surface area (Å²) in [5, 5.41) is 0.438. The van der Waals surface area contributed by atoms with Crippen molar-refractivity contribution in [3.8, 4) is 5.75 Å². The lowest BCUT2D eigenvalue weighted by Crippen LogP contribution is -2.46. The Bertz CT molecular complexity index is 1390. The molecular formula is C36H49ClFN3O3S. The number of anilines is 1. The highest BCUT2D eigenvalue weighted by atomic mass is 35.5. The Hall–Kier alpha value is -2.26. The van der Waals surface area contributed by atoms with E-state index in [4.69, 9.17) is 21.1 Å². The maximum atomic E-state index is 15.4. The first kappa shape index (κ1) is 34.1. The second kappa shape index (κ2) is 15.1. The third-order valence-corrected chi connectivity index (χ3v) is 11.0. The fourth-order valence-corrected chi connectivity index (χ4v) is 8.01. The zero-order valence-electron chi connectivity index (χ0n) is 27.5. The summed E-state index contributed by atoms with van der Waals surface area (Å²) in [7, 11) is 4.15. The van der Waals surface area contributed by atoms with Gasteiger partial charge in [0.05, 0.1) is 30.0 Å². The number of allylic oxidation sites excluding steroid dienone is 1. The maximum absolute atomic E-state index is 15.4. The lowest BCUT2D eigenvalue weighted by Gasteiger charge is -2.41. The number of hydrogen-bond donors (Lipinski definition) is 1. The number of nitrogens with one attached hydrogen (secondary N) is 1. The van der Waals surface area contributed by atoms with E-state index in [-0.39, 0.29) is 28.1 Å². The quantitative estimate of drug-likeness (QED) is 0.261. The van der Waals surface area contributed by atoms with Crippen molar-refractivity contribution < 1.29 is 18.7 Å². The van der Waals surface area contributed by atoms with Gasteiger partial charge in [-0.3, -0.25) is 9.52 Å². The maximum Gasteiger partial charge on any atom is 0.261 e. The van der Waals surface area contributed by atoms with Gasteiger partial charge in [-0.2, -0.15) is 0 Å². The monoisotopic (exact) mass is 657 g/mol. The molecule has 0 saturated carbocycles. The minimum absolute atomic E-state index is 0.0279. The van der Waals surface area contributed by atoms with Crippen LogP contribution >= 0.6 is 23.5 Å². The molecule has 246 valence electrons. The Kier molecular flexibility index (Phi) is 11.4. The van der Waals surface area contributed by atoms with Gasteiger partial charge in [0.2, 0.25) is 0 Å². The van der Waals surface area contributed by atoms with E-state index >= 15 is 4.39 Å². The molecule has 45 heavy (non-hydrogen) atoms. The molecule has 1 N–H and O–H groups in total. The summed E-state index contributed by atoms with van der Waals surface area (Å²) >= 11 is 7.73. The molecule has 2 aromatic rings. The molecule has 2 aromatic carbocycles. The fourth-order valence-electron chi connectivity index (χ4n) is 7.15. The first-order chi connectivity index (χ1) is 21.6. The van der Waals surface area contributed by atoms with Gasteiger partial charge in [-0.1, -0.05) is 44.0 Å². The normalized spacial score (nSPS) is 27.3. The van der Waals surface area contributed by atoms with E-state index in [9.17, 15) is 4.79 Å². The summed E-state index contributed by atoms with van der Waals surface area (Å²) < 4.78 is 31.7. The number of ether oxygens (including phenoxy) is 2. The van der Waals surface area contributed by atoms with E-state index in [1.165, 1.54) is 17.5 Å². The van der Waals surface area contributed by atoms with Crippen LogP contribution in [-0.4, -0.2) is 69.1 Å². The number of carbonyl (C=O) groups is 1. The third kappa shape index (κ3) is 7.83. The summed E-state index contributed by atoms with van der Waals surface area (Å²) in [6, 6.07) is 9.45. The van der Waals surface area contributed by atoms with E-state index in [0.29, 0.717) is 43.2 Å². The Morgan fingerprint density at radius 2 is 2.07 bits per heavy atom. The summed E-state index contributed by atoms with van der Waals surface area (Å²) in [5.41, 5.74) is 4.12. The van der Waals surface area contributed by atoms with Crippen molar-refractivity contribution in [3.63, 3.8) is 0 Å². The minimum atomic E-state index is -0.397. The van der Waals surface area contributed by atoms with Crippen molar-refractivity contribution >= 4 is 35.1 Å². The SMILES string of the molecule is CCC1CCN2CC3(CCCc4c3ccc(Cl)c4F)COc3ccc(cc32)C(=O)NSC(C)CC/C=C(\C)C1OCCN(C)C. The predicted molar refractivity (Wildman–Crippen MR) is 184 cm³/mol. The molecule has 2 heterocycles. The first-order valence-electron chi connectivity index (χ1n) is 16.5. The molecule has 1 amide bonds. The first-order valence-corrected chi connectivity index (χ1v) is 17.8. The fraction of sp³-hybridized carbons (Fsp3) is 0.583. The van der Waals surface area contributed by atoms with Crippen molar-refractivity contribution in [2.75, 3.05) is 51.8 Å². The highest BCUT2D eigenvalue weighted by Gasteiger charge is 2.43. The molecule has 3 aliphatic rings. The van der Waals surface area contributed by atoms with E-state index in [2.05, 4.69) is 55.5 Å². The molecule has 9 heteroatoms. The summed E-state index contributed by atoms with van der Waals surface area (Å²) in [5.74, 6) is 0.663. The van der Waals surface area contributed by atoms with Crippen LogP contribution in [0.3, 0.4) is 0 Å². The van der Waals surface area contributed by atoms with Crippen LogP contribution in [0.4, 0.5) is 10.1 Å². The van der Waals surface area contributed by atoms with Gasteiger partial charge < -0.3 is 19.3 Å². The Labute approximate surface area is 278 Å². The molecule has 4 atom stereocenters. The number of fused-ring (bicyclic) bond motifs is 3. The molecule has 4 unspecified atom stereocenters. The third-order valence-electron chi connectivity index (χ3n) is 9.81. The van der Waals surface area contributed by atoms with E-state index in [1.54, 1.807) is 6.07 Å². The Balaban J connectivity index is 1.54. The molecule has 2 bridgehead atoms. The van der Waals surface area contributed by atoms with Crippen LogP contribution in [0.1, 0.15) is 80.8 Å². The van der Waals surface area contributed by atoms with Crippen LogP contribution in [-0.2, 0) is 16.6 Å². The van der Waals surface area contributed by atoms with Gasteiger partial charge in [-0.15, -0.1) is 0 Å². The average molecular weight is 658 g/mol. The van der Waals surface area contributed by atoms with E-state index in [0.717, 1.165) is 68.6 Å². The molecule has 2 aliphatic heterocycles. The van der Waals surface area contributed by atoms with Gasteiger partial charge in [0.1, 0.15) is 11.6 Å². The van der Waals surface area contributed by atoms with Crippen molar-refractivity contribution in [1.29, 1.82) is 0 Å². The highest BCUT2D eigenvalue weighted by Crippen LogP contribution is 2.45. The zero-order chi connectivity index (χ0) is 32.1. The minimum Gasteiger partial charge on any atom is -0.490 e. The number of amides is 1. The Morgan fingerprint density at radius 3 is 2.84 bits per heavy atom. The number of carbonyl (C=O) groups excluding carboxylic acids is 1. The van der Waals surface area contributed by atoms with E-state index in [1.807, 2.05) is 24.3 Å². The van der Waals surface area contributed by atoms with Crippen LogP contribution in [0.15, 0.2) is 42.0 Å². The lowest BCUT2D eigenvalue weighted by atomic mass is 9.70. The van der Waals surface area contributed by atoms with Crippen molar-refractivity contribution in [2.24, 2.45) is 5.92 Å². The van der Waals surface area contributed by atoms with Crippen LogP contribution in [0.2, 0.25) is 5.02 Å². The van der Waals surface area contributed by atoms with Crippen LogP contribution in [0.5, 0.6) is 5.75 Å². The topological polar surface area (TPSA) is 54.0 Å². The molecule has 0 fully saturated rings. The number of benzene rings is 2. The molecule has 1 spiro atoms. The smallest absolute Gasteiger partial charge is 0.261 e. The van der Waals surface area contributed by atoms with Crippen LogP contribution < -0.4 is 14.4 Å². The second-order valence-corrected chi connectivity index (χ2v) is 15.0. The van der Waals surface area contributed by atoms with Gasteiger partial charge in [-0.25, -0.2) is 4.39 Å². The highest BCUT2D eigenvalue weighted by molar-refractivity contribution is 7.98. The van der Waals surface area contributed by atoms with Crippen molar-refractivity contribution in [1.82, 2.24) is 9.62 Å². The molecule has 6 nitrogen and oxygen atoms in total. The summed E-state index contributed by atoms with van der Waals surface area (Å²) in [6.45, 7) is 10.0.